The van der Waals surface area contributed by atoms with Gasteiger partial charge in [-0.25, -0.2) is 9.37 Å². The number of pyridine rings is 1. The summed E-state index contributed by atoms with van der Waals surface area (Å²) in [6.07, 6.45) is 1.42. The molecule has 1 aromatic carbocycles. The Balaban J connectivity index is 2.11. The van der Waals surface area contributed by atoms with Gasteiger partial charge in [-0.2, -0.15) is 0 Å². The molecule has 0 aliphatic rings. The predicted molar refractivity (Wildman–Crippen MR) is 71.4 cm³/mol. The van der Waals surface area contributed by atoms with Gasteiger partial charge in [0.15, 0.2) is 0 Å². The summed E-state index contributed by atoms with van der Waals surface area (Å²) in [5, 5.41) is 11.6. The summed E-state index contributed by atoms with van der Waals surface area (Å²) in [5.74, 6) is -1.20. The third kappa shape index (κ3) is 3.23. The molecule has 0 spiro atoms. The molecule has 20 heavy (non-hydrogen) atoms. The number of nitrogens with one attached hydrogen (secondary N) is 1. The second kappa shape index (κ2) is 6.01. The zero-order chi connectivity index (χ0) is 14.5. The lowest BCUT2D eigenvalue weighted by molar-refractivity contribution is 0.102. The standard InChI is InChI=1S/C14H13FN2O3/c1-2-20-13-6-3-9(8-16-13)17-14(19)11-5-4-10(18)7-12(11)15/h3-8,18H,2H2,1H3,(H,17,19). The molecular formula is C14H13FN2O3. The molecule has 6 heteroatoms. The van der Waals surface area contributed by atoms with Crippen LogP contribution in [0.3, 0.4) is 0 Å². The molecular weight excluding hydrogens is 263 g/mol. The molecule has 0 radical (unpaired) electrons. The highest BCUT2D eigenvalue weighted by molar-refractivity contribution is 6.04. The van der Waals surface area contributed by atoms with Crippen LogP contribution in [0.15, 0.2) is 36.5 Å². The van der Waals surface area contributed by atoms with E-state index in [1.54, 1.807) is 12.1 Å². The molecule has 5 nitrogen and oxygen atoms in total. The Bertz CT molecular complexity index is 614. The number of halogens is 1. The van der Waals surface area contributed by atoms with Gasteiger partial charge >= 0.3 is 0 Å². The van der Waals surface area contributed by atoms with Crippen molar-refractivity contribution in [3.05, 3.63) is 47.9 Å². The third-order valence-corrected chi connectivity index (χ3v) is 2.48. The molecule has 2 aromatic rings. The van der Waals surface area contributed by atoms with Gasteiger partial charge in [0.2, 0.25) is 5.88 Å². The van der Waals surface area contributed by atoms with Crippen molar-refractivity contribution in [3.63, 3.8) is 0 Å². The van der Waals surface area contributed by atoms with Crippen LogP contribution >= 0.6 is 0 Å². The third-order valence-electron chi connectivity index (χ3n) is 2.48. The van der Waals surface area contributed by atoms with Crippen molar-refractivity contribution >= 4 is 11.6 Å². The van der Waals surface area contributed by atoms with Gasteiger partial charge in [0.05, 0.1) is 24.1 Å². The molecule has 0 bridgehead atoms. The Morgan fingerprint density at radius 3 is 2.80 bits per heavy atom. The maximum absolute atomic E-state index is 13.5. The van der Waals surface area contributed by atoms with Gasteiger partial charge in [-0.3, -0.25) is 4.79 Å². The van der Waals surface area contributed by atoms with Crippen LogP contribution < -0.4 is 10.1 Å². The fourth-order valence-electron chi connectivity index (χ4n) is 1.57. The molecule has 104 valence electrons. The summed E-state index contributed by atoms with van der Waals surface area (Å²) in [6.45, 7) is 2.34. The smallest absolute Gasteiger partial charge is 0.258 e. The molecule has 0 saturated carbocycles. The topological polar surface area (TPSA) is 71.5 Å². The SMILES string of the molecule is CCOc1ccc(NC(=O)c2ccc(O)cc2F)cn1. The lowest BCUT2D eigenvalue weighted by Crippen LogP contribution is -2.13. The highest BCUT2D eigenvalue weighted by atomic mass is 19.1. The predicted octanol–water partition coefficient (Wildman–Crippen LogP) is 2.58. The van der Waals surface area contributed by atoms with Crippen molar-refractivity contribution < 1.29 is 19.0 Å². The van der Waals surface area contributed by atoms with E-state index >= 15 is 0 Å². The van der Waals surface area contributed by atoms with E-state index in [2.05, 4.69) is 10.3 Å². The minimum Gasteiger partial charge on any atom is -0.508 e. The van der Waals surface area contributed by atoms with Gasteiger partial charge in [0.25, 0.3) is 5.91 Å². The van der Waals surface area contributed by atoms with E-state index in [0.717, 1.165) is 6.07 Å². The van der Waals surface area contributed by atoms with Crippen molar-refractivity contribution in [1.29, 1.82) is 0 Å². The summed E-state index contributed by atoms with van der Waals surface area (Å²) in [6, 6.07) is 6.54. The van der Waals surface area contributed by atoms with Crippen LogP contribution in [0.5, 0.6) is 11.6 Å². The van der Waals surface area contributed by atoms with Crippen LogP contribution in [0.4, 0.5) is 10.1 Å². The average Bonchev–Trinajstić information content (AvgIpc) is 2.41. The Kier molecular flexibility index (Phi) is 4.14. The zero-order valence-electron chi connectivity index (χ0n) is 10.8. The Labute approximate surface area is 115 Å². The van der Waals surface area contributed by atoms with Gasteiger partial charge in [-0.15, -0.1) is 0 Å². The van der Waals surface area contributed by atoms with Crippen molar-refractivity contribution in [1.82, 2.24) is 4.98 Å². The van der Waals surface area contributed by atoms with E-state index in [9.17, 15) is 9.18 Å². The highest BCUT2D eigenvalue weighted by Gasteiger charge is 2.12. The number of aromatic nitrogens is 1. The van der Waals surface area contributed by atoms with Gasteiger partial charge in [-0.1, -0.05) is 0 Å². The van der Waals surface area contributed by atoms with Crippen LogP contribution in [0.1, 0.15) is 17.3 Å². The van der Waals surface area contributed by atoms with Gasteiger partial charge in [0.1, 0.15) is 11.6 Å². The molecule has 0 unspecified atom stereocenters. The Morgan fingerprint density at radius 1 is 1.40 bits per heavy atom. The molecule has 0 atom stereocenters. The van der Waals surface area contributed by atoms with E-state index in [1.165, 1.54) is 18.3 Å². The average molecular weight is 276 g/mol. The van der Waals surface area contributed by atoms with Crippen molar-refractivity contribution in [2.24, 2.45) is 0 Å². The number of phenols is 1. The number of anilines is 1. The molecule has 2 N–H and O–H groups in total. The fourth-order valence-corrected chi connectivity index (χ4v) is 1.57. The number of rotatable bonds is 4. The molecule has 0 aliphatic heterocycles. The summed E-state index contributed by atoms with van der Waals surface area (Å²) in [4.78, 5) is 15.8. The number of benzene rings is 1. The highest BCUT2D eigenvalue weighted by Crippen LogP contribution is 2.17. The number of phenolic OH excluding ortho intramolecular Hbond substituents is 1. The van der Waals surface area contributed by atoms with Crippen LogP contribution in [-0.2, 0) is 0 Å². The van der Waals surface area contributed by atoms with Crippen molar-refractivity contribution in [2.45, 2.75) is 6.92 Å². The number of carbonyl (C=O) groups excluding carboxylic acids is 1. The molecule has 0 aliphatic carbocycles. The summed E-state index contributed by atoms with van der Waals surface area (Å²) >= 11 is 0. The number of amides is 1. The molecule has 0 fully saturated rings. The molecule has 1 amide bonds. The number of aromatic hydroxyl groups is 1. The van der Waals surface area contributed by atoms with Gasteiger partial charge in [-0.05, 0) is 25.1 Å². The van der Waals surface area contributed by atoms with E-state index in [-0.39, 0.29) is 11.3 Å². The number of hydrogen-bond donors (Lipinski definition) is 2. The first kappa shape index (κ1) is 13.8. The first-order valence-electron chi connectivity index (χ1n) is 5.99. The minimum absolute atomic E-state index is 0.156. The lowest BCUT2D eigenvalue weighted by atomic mass is 10.2. The first-order valence-corrected chi connectivity index (χ1v) is 5.99. The quantitative estimate of drug-likeness (QED) is 0.900. The van der Waals surface area contributed by atoms with E-state index in [4.69, 9.17) is 9.84 Å². The van der Waals surface area contributed by atoms with Crippen LogP contribution in [-0.4, -0.2) is 22.6 Å². The van der Waals surface area contributed by atoms with E-state index in [0.29, 0.717) is 18.2 Å². The fraction of sp³-hybridized carbons (Fsp3) is 0.143. The Morgan fingerprint density at radius 2 is 2.20 bits per heavy atom. The summed E-state index contributed by atoms with van der Waals surface area (Å²) in [5.41, 5.74) is 0.266. The van der Waals surface area contributed by atoms with Gasteiger partial charge in [0, 0.05) is 12.1 Å². The minimum atomic E-state index is -0.790. The molecule has 0 saturated heterocycles. The number of carbonyl (C=O) groups is 1. The second-order valence-electron chi connectivity index (χ2n) is 3.94. The summed E-state index contributed by atoms with van der Waals surface area (Å²) < 4.78 is 18.7. The maximum Gasteiger partial charge on any atom is 0.258 e. The van der Waals surface area contributed by atoms with Crippen LogP contribution in [0.25, 0.3) is 0 Å². The number of nitrogens with zero attached hydrogens (tertiary/aromatic N) is 1. The molecule has 2 rings (SSSR count). The van der Waals surface area contributed by atoms with E-state index in [1.807, 2.05) is 6.92 Å². The van der Waals surface area contributed by atoms with Crippen LogP contribution in [0.2, 0.25) is 0 Å². The molecule has 1 heterocycles. The second-order valence-corrected chi connectivity index (χ2v) is 3.94. The van der Waals surface area contributed by atoms with Crippen LogP contribution in [0, 0.1) is 5.82 Å². The normalized spacial score (nSPS) is 10.1. The monoisotopic (exact) mass is 276 g/mol. The first-order chi connectivity index (χ1) is 9.60. The zero-order valence-corrected chi connectivity index (χ0v) is 10.8. The van der Waals surface area contributed by atoms with Crippen molar-refractivity contribution in [3.8, 4) is 11.6 Å². The Hall–Kier alpha value is -2.63. The number of ether oxygens (including phenoxy) is 1. The van der Waals surface area contributed by atoms with Gasteiger partial charge < -0.3 is 15.2 Å². The maximum atomic E-state index is 13.5. The lowest BCUT2D eigenvalue weighted by Gasteiger charge is -2.07. The van der Waals surface area contributed by atoms with Crippen molar-refractivity contribution in [2.75, 3.05) is 11.9 Å². The number of hydrogen-bond acceptors (Lipinski definition) is 4. The molecule has 1 aromatic heterocycles. The van der Waals surface area contributed by atoms with E-state index < -0.39 is 11.7 Å². The largest absolute Gasteiger partial charge is 0.508 e. The summed E-state index contributed by atoms with van der Waals surface area (Å²) in [7, 11) is 0.